The smallest absolute Gasteiger partial charge is 0.407 e. The van der Waals surface area contributed by atoms with Crippen molar-refractivity contribution in [3.63, 3.8) is 0 Å². The summed E-state index contributed by atoms with van der Waals surface area (Å²) in [6.07, 6.45) is 8.25. The number of primary amides is 1. The second-order valence-electron chi connectivity index (χ2n) is 8.64. The number of amides is 3. The number of carbonyl (C=O) groups is 3. The summed E-state index contributed by atoms with van der Waals surface area (Å²) in [6, 6.07) is -0.762. The van der Waals surface area contributed by atoms with Crippen LogP contribution in [0.1, 0.15) is 70.6 Å². The quantitative estimate of drug-likeness (QED) is 0.0961. The van der Waals surface area contributed by atoms with Gasteiger partial charge in [-0.15, -0.1) is 0 Å². The molecule has 0 spiro atoms. The van der Waals surface area contributed by atoms with E-state index in [2.05, 4.69) is 16.0 Å². The summed E-state index contributed by atoms with van der Waals surface area (Å²) in [5, 5.41) is 8.76. The first kappa shape index (κ1) is 32.8. The van der Waals surface area contributed by atoms with Gasteiger partial charge in [0.2, 0.25) is 5.91 Å². The average molecular weight is 504 g/mol. The van der Waals surface area contributed by atoms with Crippen LogP contribution in [-0.2, 0) is 14.3 Å². The minimum atomic E-state index is -0.910. The number of ether oxygens (including phenoxy) is 2. The van der Waals surface area contributed by atoms with Crippen molar-refractivity contribution in [2.45, 2.75) is 82.7 Å². The van der Waals surface area contributed by atoms with Crippen molar-refractivity contribution in [3.05, 3.63) is 0 Å². The number of alkyl carbamates (subject to hydrolysis) is 1. The Morgan fingerprint density at radius 3 is 1.77 bits per heavy atom. The fourth-order valence-corrected chi connectivity index (χ4v) is 3.44. The molecule has 0 aromatic rings. The minimum Gasteiger partial charge on any atom is -0.448 e. The molecule has 0 aliphatic rings. The summed E-state index contributed by atoms with van der Waals surface area (Å²) in [4.78, 5) is 35.6. The zero-order valence-corrected chi connectivity index (χ0v) is 21.2. The molecule has 0 aromatic heterocycles. The monoisotopic (exact) mass is 503 g/mol. The highest BCUT2D eigenvalue weighted by Crippen LogP contribution is 2.05. The van der Waals surface area contributed by atoms with E-state index in [0.717, 1.165) is 70.9 Å². The van der Waals surface area contributed by atoms with Crippen LogP contribution in [-0.4, -0.2) is 76.1 Å². The summed E-state index contributed by atoms with van der Waals surface area (Å²) in [6.45, 7) is 2.76. The molecule has 0 aromatic carbocycles. The van der Waals surface area contributed by atoms with Gasteiger partial charge in [0.1, 0.15) is 13.2 Å². The highest BCUT2D eigenvalue weighted by atomic mass is 16.6. The Labute approximate surface area is 209 Å². The zero-order chi connectivity index (χ0) is 26.2. The van der Waals surface area contributed by atoms with Crippen LogP contribution in [0.3, 0.4) is 0 Å². The van der Waals surface area contributed by atoms with Crippen molar-refractivity contribution in [3.8, 4) is 0 Å². The van der Waals surface area contributed by atoms with Crippen LogP contribution in [0.5, 0.6) is 0 Å². The Morgan fingerprint density at radius 1 is 0.657 bits per heavy atom. The number of hydrogen-bond donors (Lipinski definition) is 7. The molecule has 206 valence electrons. The third-order valence-corrected chi connectivity index (χ3v) is 5.39. The van der Waals surface area contributed by atoms with Gasteiger partial charge in [-0.3, -0.25) is 4.79 Å². The Balaban J connectivity index is 4.44. The van der Waals surface area contributed by atoms with Crippen LogP contribution >= 0.6 is 0 Å². The van der Waals surface area contributed by atoms with Crippen LogP contribution in [0, 0.1) is 0 Å². The van der Waals surface area contributed by atoms with Crippen LogP contribution in [0.4, 0.5) is 9.59 Å². The van der Waals surface area contributed by atoms with E-state index < -0.39 is 18.2 Å². The summed E-state index contributed by atoms with van der Waals surface area (Å²) in [5.74, 6) is -0.149. The van der Waals surface area contributed by atoms with Crippen molar-refractivity contribution in [2.75, 3.05) is 45.9 Å². The van der Waals surface area contributed by atoms with Crippen LogP contribution < -0.4 is 38.9 Å². The lowest BCUT2D eigenvalue weighted by molar-refractivity contribution is -0.121. The Hall–Kier alpha value is -2.15. The van der Waals surface area contributed by atoms with E-state index in [1.165, 1.54) is 0 Å². The lowest BCUT2D eigenvalue weighted by Crippen LogP contribution is -2.45. The minimum absolute atomic E-state index is 0.0233. The molecule has 0 heterocycles. The van der Waals surface area contributed by atoms with Gasteiger partial charge in [-0.05, 0) is 64.7 Å². The van der Waals surface area contributed by atoms with Gasteiger partial charge in [0.25, 0.3) is 0 Å². The van der Waals surface area contributed by atoms with E-state index >= 15 is 0 Å². The molecule has 0 fully saturated rings. The van der Waals surface area contributed by atoms with Crippen molar-refractivity contribution in [1.82, 2.24) is 16.0 Å². The fourth-order valence-electron chi connectivity index (χ4n) is 3.44. The molecule has 0 aliphatic carbocycles. The molecule has 0 bridgehead atoms. The molecule has 12 nitrogen and oxygen atoms in total. The van der Waals surface area contributed by atoms with Gasteiger partial charge >= 0.3 is 12.2 Å². The van der Waals surface area contributed by atoms with Crippen LogP contribution in [0.2, 0.25) is 0 Å². The topological polar surface area (TPSA) is 210 Å². The molecule has 3 amide bonds. The maximum absolute atomic E-state index is 12.3. The molecule has 12 heteroatoms. The summed E-state index contributed by atoms with van der Waals surface area (Å²) in [5.41, 5.74) is 21.6. The lowest BCUT2D eigenvalue weighted by atomic mass is 10.1. The van der Waals surface area contributed by atoms with E-state index in [1.54, 1.807) is 0 Å². The Bertz CT molecular complexity index is 554. The molecule has 2 atom stereocenters. The predicted octanol–water partition coefficient (Wildman–Crippen LogP) is 0.418. The van der Waals surface area contributed by atoms with Crippen molar-refractivity contribution in [1.29, 1.82) is 0 Å². The maximum Gasteiger partial charge on any atom is 0.407 e. The van der Waals surface area contributed by atoms with Gasteiger partial charge < -0.3 is 48.4 Å². The molecule has 0 aliphatic heterocycles. The van der Waals surface area contributed by atoms with E-state index in [4.69, 9.17) is 32.4 Å². The van der Waals surface area contributed by atoms with E-state index in [1.807, 2.05) is 0 Å². The van der Waals surface area contributed by atoms with Gasteiger partial charge in [0, 0.05) is 0 Å². The molecule has 35 heavy (non-hydrogen) atoms. The van der Waals surface area contributed by atoms with E-state index in [-0.39, 0.29) is 31.7 Å². The molecule has 0 saturated carbocycles. The first-order valence-corrected chi connectivity index (χ1v) is 12.9. The van der Waals surface area contributed by atoms with Crippen LogP contribution in [0.15, 0.2) is 0 Å². The van der Waals surface area contributed by atoms with Gasteiger partial charge in [-0.1, -0.05) is 32.1 Å². The molecule has 0 unspecified atom stereocenters. The number of rotatable bonds is 23. The second kappa shape index (κ2) is 23.6. The van der Waals surface area contributed by atoms with E-state index in [9.17, 15) is 14.4 Å². The van der Waals surface area contributed by atoms with Crippen LogP contribution in [0.25, 0.3) is 0 Å². The molecular weight excluding hydrogens is 454 g/mol. The highest BCUT2D eigenvalue weighted by molar-refractivity contribution is 5.78. The number of nitrogens with two attached hydrogens (primary N) is 4. The van der Waals surface area contributed by atoms with Gasteiger partial charge in [-0.25, -0.2) is 9.59 Å². The van der Waals surface area contributed by atoms with Gasteiger partial charge in [0.15, 0.2) is 0 Å². The molecule has 0 saturated heterocycles. The zero-order valence-electron chi connectivity index (χ0n) is 21.2. The second-order valence-corrected chi connectivity index (χ2v) is 8.64. The predicted molar refractivity (Wildman–Crippen MR) is 137 cm³/mol. The fraction of sp³-hybridized carbons (Fsp3) is 0.870. The molecule has 11 N–H and O–H groups in total. The Kier molecular flexibility index (Phi) is 22.1. The molecular formula is C23H49N7O5. The summed E-state index contributed by atoms with van der Waals surface area (Å²) in [7, 11) is 0. The van der Waals surface area contributed by atoms with Gasteiger partial charge in [-0.2, -0.15) is 0 Å². The van der Waals surface area contributed by atoms with Gasteiger partial charge in [0.05, 0.1) is 18.6 Å². The lowest BCUT2D eigenvalue weighted by Gasteiger charge is -2.21. The average Bonchev–Trinajstić information content (AvgIpc) is 2.82. The first-order valence-electron chi connectivity index (χ1n) is 12.9. The number of hydrogen-bond acceptors (Lipinski definition) is 9. The normalized spacial score (nSPS) is 12.5. The van der Waals surface area contributed by atoms with Crippen molar-refractivity contribution >= 4 is 18.1 Å². The number of unbranched alkanes of at least 4 members (excludes halogenated alkanes) is 6. The SMILES string of the molecule is NCCCCCCCNCC(=O)N[C@H](CCCCN)COC(=O)N[C@H](CCCCN)COC(N)=O. The third-order valence-electron chi connectivity index (χ3n) is 5.39. The van der Waals surface area contributed by atoms with Crippen molar-refractivity contribution < 1.29 is 23.9 Å². The number of carbonyl (C=O) groups excluding carboxylic acids is 3. The van der Waals surface area contributed by atoms with E-state index in [0.29, 0.717) is 25.9 Å². The first-order chi connectivity index (χ1) is 16.9. The molecule has 0 rings (SSSR count). The third kappa shape index (κ3) is 22.1. The summed E-state index contributed by atoms with van der Waals surface area (Å²) < 4.78 is 10.2. The molecule has 0 radical (unpaired) electrons. The Morgan fingerprint density at radius 2 is 1.17 bits per heavy atom. The number of nitrogens with one attached hydrogen (secondary N) is 3. The summed E-state index contributed by atoms with van der Waals surface area (Å²) >= 11 is 0. The van der Waals surface area contributed by atoms with Crippen molar-refractivity contribution in [2.24, 2.45) is 22.9 Å². The maximum atomic E-state index is 12.3. The largest absolute Gasteiger partial charge is 0.448 e. The standard InChI is InChI=1S/C23H49N7O5/c24-12-6-2-1-3-9-15-28-16-21(31)29-19(10-4-7-13-25)18-35-23(33)30-20(11-5-8-14-26)17-34-22(27)32/h19-20,28H,1-18,24-26H2,(H2,27,32)(H,29,31)(H,30,33)/t19-,20-/m1/s1. The highest BCUT2D eigenvalue weighted by Gasteiger charge is 2.18.